The van der Waals surface area contributed by atoms with E-state index >= 15 is 0 Å². The molecule has 0 spiro atoms. The van der Waals surface area contributed by atoms with Crippen LogP contribution in [0.3, 0.4) is 0 Å². The van der Waals surface area contributed by atoms with Crippen molar-refractivity contribution in [3.8, 4) is 0 Å². The molecule has 1 rings (SSSR count). The molecule has 0 bridgehead atoms. The molecule has 0 saturated heterocycles. The van der Waals surface area contributed by atoms with Gasteiger partial charge in [0.2, 0.25) is 0 Å². The predicted molar refractivity (Wildman–Crippen MR) is 72.4 cm³/mol. The van der Waals surface area contributed by atoms with Crippen molar-refractivity contribution < 1.29 is 4.79 Å². The Bertz CT molecular complexity index is 379. The minimum absolute atomic E-state index is 0.127. The summed E-state index contributed by atoms with van der Waals surface area (Å²) in [6, 6.07) is 6.47. The number of rotatable bonds is 3. The molecular weight excluding hydrogens is 210 g/mol. The maximum absolute atomic E-state index is 12.5. The van der Waals surface area contributed by atoms with Crippen molar-refractivity contribution in [3.05, 3.63) is 34.9 Å². The molecule has 1 aromatic rings. The zero-order valence-corrected chi connectivity index (χ0v) is 11.7. The van der Waals surface area contributed by atoms with Crippen LogP contribution in [0.25, 0.3) is 0 Å². The first-order chi connectivity index (χ1) is 7.82. The third-order valence-electron chi connectivity index (χ3n) is 2.82. The van der Waals surface area contributed by atoms with Gasteiger partial charge in [-0.3, -0.25) is 4.79 Å². The van der Waals surface area contributed by atoms with E-state index in [-0.39, 0.29) is 18.0 Å². The minimum atomic E-state index is 0.127. The molecule has 0 unspecified atom stereocenters. The highest BCUT2D eigenvalue weighted by Gasteiger charge is 2.21. The summed E-state index contributed by atoms with van der Waals surface area (Å²) in [6.07, 6.45) is 0. The zero-order valence-electron chi connectivity index (χ0n) is 11.7. The molecule has 1 amide bonds. The first-order valence-corrected chi connectivity index (χ1v) is 6.24. The summed E-state index contributed by atoms with van der Waals surface area (Å²) in [6.45, 7) is 12.3. The number of hydrogen-bond donors (Lipinski definition) is 0. The summed E-state index contributed by atoms with van der Waals surface area (Å²) in [5.74, 6) is 0.127. The van der Waals surface area contributed by atoms with Gasteiger partial charge in [0, 0.05) is 17.6 Å². The summed E-state index contributed by atoms with van der Waals surface area (Å²) >= 11 is 0. The van der Waals surface area contributed by atoms with Crippen LogP contribution in [0.2, 0.25) is 0 Å². The average molecular weight is 233 g/mol. The zero-order chi connectivity index (χ0) is 13.2. The molecule has 2 nitrogen and oxygen atoms in total. The monoisotopic (exact) mass is 233 g/mol. The van der Waals surface area contributed by atoms with E-state index in [1.54, 1.807) is 0 Å². The quantitative estimate of drug-likeness (QED) is 0.781. The van der Waals surface area contributed by atoms with E-state index in [0.29, 0.717) is 0 Å². The lowest BCUT2D eigenvalue weighted by Crippen LogP contribution is -2.42. The van der Waals surface area contributed by atoms with Gasteiger partial charge in [0.25, 0.3) is 5.91 Å². The summed E-state index contributed by atoms with van der Waals surface area (Å²) in [7, 11) is 0. The van der Waals surface area contributed by atoms with E-state index in [9.17, 15) is 4.79 Å². The maximum atomic E-state index is 12.5. The van der Waals surface area contributed by atoms with Crippen molar-refractivity contribution in [2.24, 2.45) is 0 Å². The predicted octanol–water partition coefficient (Wildman–Crippen LogP) is 3.56. The van der Waals surface area contributed by atoms with Gasteiger partial charge >= 0.3 is 0 Å². The van der Waals surface area contributed by atoms with Crippen LogP contribution in [0, 0.1) is 13.8 Å². The highest BCUT2D eigenvalue weighted by atomic mass is 16.2. The number of benzene rings is 1. The molecule has 0 atom stereocenters. The van der Waals surface area contributed by atoms with Crippen LogP contribution < -0.4 is 0 Å². The van der Waals surface area contributed by atoms with Crippen molar-refractivity contribution in [2.45, 2.75) is 53.6 Å². The van der Waals surface area contributed by atoms with E-state index in [0.717, 1.165) is 16.7 Å². The number of aryl methyl sites for hydroxylation is 2. The second kappa shape index (κ2) is 5.35. The molecular formula is C15H23NO. The van der Waals surface area contributed by atoms with Gasteiger partial charge < -0.3 is 4.90 Å². The number of carbonyl (C=O) groups excluding carboxylic acids is 1. The standard InChI is InChI=1S/C15H23NO/c1-10(2)16(11(3)4)15(17)14-8-12(5)7-13(6)9-14/h7-11H,1-6H3. The van der Waals surface area contributed by atoms with E-state index in [4.69, 9.17) is 0 Å². The first-order valence-electron chi connectivity index (χ1n) is 6.24. The van der Waals surface area contributed by atoms with Crippen LogP contribution in [0.1, 0.15) is 49.2 Å². The average Bonchev–Trinajstić information content (AvgIpc) is 2.14. The highest BCUT2D eigenvalue weighted by Crippen LogP contribution is 2.15. The molecule has 0 aromatic heterocycles. The molecule has 0 heterocycles. The number of amides is 1. The Kier molecular flexibility index (Phi) is 4.33. The molecule has 1 aromatic carbocycles. The lowest BCUT2D eigenvalue weighted by atomic mass is 10.1. The summed E-state index contributed by atoms with van der Waals surface area (Å²) in [5, 5.41) is 0. The van der Waals surface area contributed by atoms with Gasteiger partial charge in [-0.15, -0.1) is 0 Å². The smallest absolute Gasteiger partial charge is 0.254 e. The van der Waals surface area contributed by atoms with Crippen molar-refractivity contribution in [3.63, 3.8) is 0 Å². The molecule has 0 aliphatic heterocycles. The number of nitrogens with zero attached hydrogens (tertiary/aromatic N) is 1. The van der Waals surface area contributed by atoms with Crippen molar-refractivity contribution in [1.82, 2.24) is 4.90 Å². The van der Waals surface area contributed by atoms with E-state index in [2.05, 4.69) is 33.8 Å². The van der Waals surface area contributed by atoms with E-state index in [1.165, 1.54) is 0 Å². The fourth-order valence-corrected chi connectivity index (χ4v) is 2.31. The SMILES string of the molecule is Cc1cc(C)cc(C(=O)N(C(C)C)C(C)C)c1. The summed E-state index contributed by atoms with van der Waals surface area (Å²) < 4.78 is 0. The Morgan fingerprint density at radius 2 is 1.35 bits per heavy atom. The highest BCUT2D eigenvalue weighted by molar-refractivity contribution is 5.95. The van der Waals surface area contributed by atoms with Gasteiger partial charge in [0.15, 0.2) is 0 Å². The number of hydrogen-bond acceptors (Lipinski definition) is 1. The molecule has 0 aliphatic rings. The number of carbonyl (C=O) groups is 1. The van der Waals surface area contributed by atoms with Crippen LogP contribution >= 0.6 is 0 Å². The maximum Gasteiger partial charge on any atom is 0.254 e. The van der Waals surface area contributed by atoms with Crippen molar-refractivity contribution >= 4 is 5.91 Å². The lowest BCUT2D eigenvalue weighted by molar-refractivity contribution is 0.0643. The molecule has 0 radical (unpaired) electrons. The van der Waals surface area contributed by atoms with Crippen LogP contribution in [0.5, 0.6) is 0 Å². The minimum Gasteiger partial charge on any atom is -0.334 e. The van der Waals surface area contributed by atoms with Gasteiger partial charge in [-0.2, -0.15) is 0 Å². The van der Waals surface area contributed by atoms with Crippen LogP contribution in [-0.4, -0.2) is 22.9 Å². The van der Waals surface area contributed by atoms with Gasteiger partial charge in [-0.25, -0.2) is 0 Å². The van der Waals surface area contributed by atoms with Crippen molar-refractivity contribution in [1.29, 1.82) is 0 Å². The van der Waals surface area contributed by atoms with Gasteiger partial charge in [-0.05, 0) is 53.7 Å². The molecule has 0 aliphatic carbocycles. The Morgan fingerprint density at radius 1 is 0.941 bits per heavy atom. The molecule has 0 saturated carbocycles. The Labute approximate surface area is 105 Å². The van der Waals surface area contributed by atoms with Crippen LogP contribution in [0.15, 0.2) is 18.2 Å². The van der Waals surface area contributed by atoms with E-state index < -0.39 is 0 Å². The second-order valence-electron chi connectivity index (χ2n) is 5.28. The Hall–Kier alpha value is -1.31. The fraction of sp³-hybridized carbons (Fsp3) is 0.533. The summed E-state index contributed by atoms with van der Waals surface area (Å²) in [4.78, 5) is 14.4. The van der Waals surface area contributed by atoms with Gasteiger partial charge in [0.05, 0.1) is 0 Å². The normalized spacial score (nSPS) is 11.1. The largest absolute Gasteiger partial charge is 0.334 e. The Balaban J connectivity index is 3.09. The molecule has 94 valence electrons. The van der Waals surface area contributed by atoms with Gasteiger partial charge in [-0.1, -0.05) is 17.2 Å². The Morgan fingerprint density at radius 3 is 1.71 bits per heavy atom. The fourth-order valence-electron chi connectivity index (χ4n) is 2.31. The molecule has 0 N–H and O–H groups in total. The van der Waals surface area contributed by atoms with E-state index in [1.807, 2.05) is 30.9 Å². The van der Waals surface area contributed by atoms with Crippen LogP contribution in [0.4, 0.5) is 0 Å². The molecule has 2 heteroatoms. The van der Waals surface area contributed by atoms with Crippen molar-refractivity contribution in [2.75, 3.05) is 0 Å². The topological polar surface area (TPSA) is 20.3 Å². The molecule has 17 heavy (non-hydrogen) atoms. The lowest BCUT2D eigenvalue weighted by Gasteiger charge is -2.31. The first kappa shape index (κ1) is 13.8. The molecule has 0 fully saturated rings. The van der Waals surface area contributed by atoms with Gasteiger partial charge in [0.1, 0.15) is 0 Å². The van der Waals surface area contributed by atoms with Crippen LogP contribution in [-0.2, 0) is 0 Å². The summed E-state index contributed by atoms with van der Waals surface area (Å²) in [5.41, 5.74) is 3.08. The third-order valence-corrected chi connectivity index (χ3v) is 2.82. The second-order valence-corrected chi connectivity index (χ2v) is 5.28. The third kappa shape index (κ3) is 3.32.